The second-order valence-corrected chi connectivity index (χ2v) is 6.28. The van der Waals surface area contributed by atoms with E-state index < -0.39 is 11.8 Å². The highest BCUT2D eigenvalue weighted by molar-refractivity contribution is 6.30. The van der Waals surface area contributed by atoms with Crippen molar-refractivity contribution in [1.82, 2.24) is 14.5 Å². The molecule has 1 aromatic carbocycles. The molecule has 0 atom stereocenters. The van der Waals surface area contributed by atoms with Gasteiger partial charge in [-0.05, 0) is 36.6 Å². The molecule has 0 aliphatic carbocycles. The molecule has 0 amide bonds. The summed E-state index contributed by atoms with van der Waals surface area (Å²) in [5.41, 5.74) is 2.59. The zero-order chi connectivity index (χ0) is 17.8. The van der Waals surface area contributed by atoms with Gasteiger partial charge in [0.1, 0.15) is 0 Å². The Morgan fingerprint density at radius 3 is 2.65 bits per heavy atom. The molecular formula is C18H21Cl2N3O3. The third kappa shape index (κ3) is 4.58. The van der Waals surface area contributed by atoms with E-state index in [4.69, 9.17) is 16.3 Å². The van der Waals surface area contributed by atoms with Gasteiger partial charge in [-0.3, -0.25) is 4.90 Å². The molecule has 1 N–H and O–H groups in total. The molecule has 26 heavy (non-hydrogen) atoms. The van der Waals surface area contributed by atoms with Gasteiger partial charge in [0, 0.05) is 30.9 Å². The number of nitrogens with one attached hydrogen (secondary N) is 1. The van der Waals surface area contributed by atoms with Crippen LogP contribution in [0.5, 0.6) is 0 Å². The third-order valence-corrected chi connectivity index (χ3v) is 4.45. The van der Waals surface area contributed by atoms with Crippen LogP contribution < -0.4 is 5.69 Å². The summed E-state index contributed by atoms with van der Waals surface area (Å²) in [5, 5.41) is 0.728. The lowest BCUT2D eigenvalue weighted by molar-refractivity contribution is 0.151. The zero-order valence-corrected chi connectivity index (χ0v) is 16.0. The first-order valence-electron chi connectivity index (χ1n) is 8.22. The largest absolute Gasteiger partial charge is 0.449 e. The van der Waals surface area contributed by atoms with E-state index in [2.05, 4.69) is 16.0 Å². The molecule has 0 spiro atoms. The number of hydrogen-bond acceptors (Lipinski definition) is 4. The van der Waals surface area contributed by atoms with Crippen LogP contribution in [-0.4, -0.2) is 40.2 Å². The Labute approximate surface area is 162 Å². The van der Waals surface area contributed by atoms with E-state index in [1.54, 1.807) is 13.1 Å². The van der Waals surface area contributed by atoms with Crippen molar-refractivity contribution in [1.29, 1.82) is 0 Å². The molecule has 2 heterocycles. The van der Waals surface area contributed by atoms with Gasteiger partial charge in [-0.1, -0.05) is 29.8 Å². The van der Waals surface area contributed by atoms with Gasteiger partial charge in [0.05, 0.1) is 12.3 Å². The highest BCUT2D eigenvalue weighted by Crippen LogP contribution is 2.24. The Hall–Kier alpha value is -2.02. The minimum Gasteiger partial charge on any atom is -0.449 e. The molecule has 0 bridgehead atoms. The lowest BCUT2D eigenvalue weighted by Gasteiger charge is -2.26. The number of aromatic amines is 1. The Bertz CT molecular complexity index is 840. The van der Waals surface area contributed by atoms with Crippen LogP contribution in [0.2, 0.25) is 5.02 Å². The first-order valence-corrected chi connectivity index (χ1v) is 8.60. The monoisotopic (exact) mass is 397 g/mol. The lowest BCUT2D eigenvalue weighted by atomic mass is 9.99. The number of imidazole rings is 1. The van der Waals surface area contributed by atoms with Crippen LogP contribution in [0, 0.1) is 0 Å². The number of hydrogen-bond donors (Lipinski definition) is 1. The topological polar surface area (TPSA) is 67.3 Å². The SMILES string of the molecule is CCOC(=O)n1c(CN2CC=C(c3ccc(Cl)cc3)CC2)c[nH]c1=O.Cl. The van der Waals surface area contributed by atoms with E-state index in [1.807, 2.05) is 24.3 Å². The molecule has 3 rings (SSSR count). The summed E-state index contributed by atoms with van der Waals surface area (Å²) in [7, 11) is 0. The summed E-state index contributed by atoms with van der Waals surface area (Å²) in [6.07, 6.45) is 4.00. The van der Waals surface area contributed by atoms with Gasteiger partial charge in [-0.2, -0.15) is 4.57 Å². The number of nitrogens with zero attached hydrogens (tertiary/aromatic N) is 2. The van der Waals surface area contributed by atoms with Crippen LogP contribution in [0.3, 0.4) is 0 Å². The van der Waals surface area contributed by atoms with Gasteiger partial charge >= 0.3 is 11.8 Å². The summed E-state index contributed by atoms with van der Waals surface area (Å²) in [5.74, 6) is 0. The molecule has 1 aromatic heterocycles. The average molecular weight is 398 g/mol. The normalized spacial score (nSPS) is 14.5. The molecule has 8 heteroatoms. The second kappa shape index (κ2) is 9.07. The molecule has 140 valence electrons. The summed E-state index contributed by atoms with van der Waals surface area (Å²) >= 11 is 5.93. The van der Waals surface area contributed by atoms with Gasteiger partial charge < -0.3 is 9.72 Å². The van der Waals surface area contributed by atoms with Gasteiger partial charge in [0.15, 0.2) is 0 Å². The Balaban J connectivity index is 0.00000243. The number of aromatic nitrogens is 2. The standard InChI is InChI=1S/C18H20ClN3O3.ClH/c1-2-25-18(24)22-16(11-20-17(22)23)12-21-9-7-14(8-10-21)13-3-5-15(19)6-4-13;/h3-7,11H,2,8-10,12H2,1H3,(H,20,23);1H. The fourth-order valence-electron chi connectivity index (χ4n) is 2.92. The van der Waals surface area contributed by atoms with Gasteiger partial charge in [-0.25, -0.2) is 9.59 Å². The van der Waals surface area contributed by atoms with Crippen molar-refractivity contribution in [2.45, 2.75) is 19.9 Å². The number of benzene rings is 1. The van der Waals surface area contributed by atoms with E-state index in [1.165, 1.54) is 11.1 Å². The number of rotatable bonds is 4. The van der Waals surface area contributed by atoms with Gasteiger partial charge in [-0.15, -0.1) is 12.4 Å². The average Bonchev–Trinajstić information content (AvgIpc) is 2.97. The van der Waals surface area contributed by atoms with Crippen molar-refractivity contribution in [2.24, 2.45) is 0 Å². The first-order chi connectivity index (χ1) is 12.1. The van der Waals surface area contributed by atoms with Crippen molar-refractivity contribution < 1.29 is 9.53 Å². The predicted molar refractivity (Wildman–Crippen MR) is 104 cm³/mol. The van der Waals surface area contributed by atoms with Gasteiger partial charge in [0.25, 0.3) is 0 Å². The van der Waals surface area contributed by atoms with Crippen molar-refractivity contribution in [3.05, 3.63) is 63.3 Å². The van der Waals surface area contributed by atoms with Crippen LogP contribution in [0.25, 0.3) is 5.57 Å². The molecule has 0 saturated heterocycles. The van der Waals surface area contributed by atoms with Crippen LogP contribution in [0.15, 0.2) is 41.3 Å². The number of ether oxygens (including phenoxy) is 1. The van der Waals surface area contributed by atoms with E-state index in [0.29, 0.717) is 12.2 Å². The summed E-state index contributed by atoms with van der Waals surface area (Å²) in [4.78, 5) is 28.5. The molecule has 0 saturated carbocycles. The highest BCUT2D eigenvalue weighted by atomic mass is 35.5. The Morgan fingerprint density at radius 1 is 1.31 bits per heavy atom. The summed E-state index contributed by atoms with van der Waals surface area (Å²) in [6, 6.07) is 7.83. The van der Waals surface area contributed by atoms with Crippen LogP contribution in [0.1, 0.15) is 24.6 Å². The fraction of sp³-hybridized carbons (Fsp3) is 0.333. The molecule has 0 unspecified atom stereocenters. The second-order valence-electron chi connectivity index (χ2n) is 5.84. The van der Waals surface area contributed by atoms with Crippen LogP contribution >= 0.6 is 24.0 Å². The highest BCUT2D eigenvalue weighted by Gasteiger charge is 2.19. The van der Waals surface area contributed by atoms with E-state index in [9.17, 15) is 9.59 Å². The minimum absolute atomic E-state index is 0. The Morgan fingerprint density at radius 2 is 2.04 bits per heavy atom. The Kier molecular flexibility index (Phi) is 7.08. The lowest BCUT2D eigenvalue weighted by Crippen LogP contribution is -2.32. The molecule has 1 aliphatic rings. The number of carbonyl (C=O) groups excluding carboxylic acids is 1. The summed E-state index contributed by atoms with van der Waals surface area (Å²) < 4.78 is 6.00. The molecule has 6 nitrogen and oxygen atoms in total. The fourth-order valence-corrected chi connectivity index (χ4v) is 3.05. The van der Waals surface area contributed by atoms with E-state index >= 15 is 0 Å². The maximum absolute atomic E-state index is 11.9. The molecule has 2 aromatic rings. The maximum atomic E-state index is 11.9. The van der Waals surface area contributed by atoms with E-state index in [0.717, 1.165) is 29.1 Å². The zero-order valence-electron chi connectivity index (χ0n) is 14.4. The molecule has 1 aliphatic heterocycles. The van der Waals surface area contributed by atoms with Crippen molar-refractivity contribution in [3.8, 4) is 0 Å². The molecule has 0 radical (unpaired) electrons. The first kappa shape index (κ1) is 20.3. The molecule has 0 fully saturated rings. The number of carbonyl (C=O) groups is 1. The predicted octanol–water partition coefficient (Wildman–Crippen LogP) is 3.55. The van der Waals surface area contributed by atoms with E-state index in [-0.39, 0.29) is 19.0 Å². The quantitative estimate of drug-likeness (QED) is 0.856. The van der Waals surface area contributed by atoms with Gasteiger partial charge in [0.2, 0.25) is 0 Å². The van der Waals surface area contributed by atoms with Crippen molar-refractivity contribution in [3.63, 3.8) is 0 Å². The van der Waals surface area contributed by atoms with Crippen LogP contribution in [0.4, 0.5) is 4.79 Å². The number of H-pyrrole nitrogens is 1. The smallest absolute Gasteiger partial charge is 0.422 e. The van der Waals surface area contributed by atoms with Crippen molar-refractivity contribution in [2.75, 3.05) is 19.7 Å². The third-order valence-electron chi connectivity index (χ3n) is 4.20. The maximum Gasteiger partial charge on any atom is 0.422 e. The number of halogens is 2. The summed E-state index contributed by atoms with van der Waals surface area (Å²) in [6.45, 7) is 4.04. The molecular weight excluding hydrogens is 377 g/mol. The minimum atomic E-state index is -0.641. The van der Waals surface area contributed by atoms with Crippen molar-refractivity contribution >= 4 is 35.7 Å². The van der Waals surface area contributed by atoms with Crippen LogP contribution in [-0.2, 0) is 11.3 Å².